The van der Waals surface area contributed by atoms with Crippen molar-refractivity contribution in [3.05, 3.63) is 29.8 Å². The Balaban J connectivity index is 0.00000192. The summed E-state index contributed by atoms with van der Waals surface area (Å²) in [5.74, 6) is -0.0637. The zero-order valence-corrected chi connectivity index (χ0v) is 13.8. The van der Waals surface area contributed by atoms with E-state index in [1.165, 1.54) is 0 Å². The van der Waals surface area contributed by atoms with Gasteiger partial charge in [-0.2, -0.15) is 0 Å². The summed E-state index contributed by atoms with van der Waals surface area (Å²) in [4.78, 5) is 26.0. The molecule has 1 aromatic carbocycles. The van der Waals surface area contributed by atoms with Crippen LogP contribution in [0.4, 0.5) is 10.5 Å². The van der Waals surface area contributed by atoms with Crippen molar-refractivity contribution in [2.75, 3.05) is 31.1 Å². The molecule has 2 fully saturated rings. The molecule has 2 heterocycles. The lowest BCUT2D eigenvalue weighted by molar-refractivity contribution is 0.0929. The second-order valence-corrected chi connectivity index (χ2v) is 5.79. The predicted octanol–water partition coefficient (Wildman–Crippen LogP) is 1.51. The fourth-order valence-corrected chi connectivity index (χ4v) is 2.93. The van der Waals surface area contributed by atoms with Gasteiger partial charge in [0.05, 0.1) is 0 Å². The predicted molar refractivity (Wildman–Crippen MR) is 92.4 cm³/mol. The van der Waals surface area contributed by atoms with Gasteiger partial charge < -0.3 is 16.0 Å². The number of urea groups is 1. The van der Waals surface area contributed by atoms with E-state index in [-0.39, 0.29) is 30.4 Å². The SMILES string of the molecule is Cl.O=C(NC1CCNCC1)c1cccc(N2CCCNC2=O)c1. The second-order valence-electron chi connectivity index (χ2n) is 5.79. The normalized spacial score (nSPS) is 18.8. The average molecular weight is 339 g/mol. The maximum atomic E-state index is 12.4. The Kier molecular flexibility index (Phi) is 6.24. The zero-order valence-electron chi connectivity index (χ0n) is 13.0. The number of piperidine rings is 1. The molecule has 3 N–H and O–H groups in total. The highest BCUT2D eigenvalue weighted by Crippen LogP contribution is 2.18. The summed E-state index contributed by atoms with van der Waals surface area (Å²) in [7, 11) is 0. The molecule has 0 radical (unpaired) electrons. The highest BCUT2D eigenvalue weighted by Gasteiger charge is 2.21. The summed E-state index contributed by atoms with van der Waals surface area (Å²) in [5, 5.41) is 9.19. The van der Waals surface area contributed by atoms with E-state index >= 15 is 0 Å². The van der Waals surface area contributed by atoms with Crippen LogP contribution >= 0.6 is 12.4 Å². The maximum absolute atomic E-state index is 12.4. The van der Waals surface area contributed by atoms with E-state index in [0.29, 0.717) is 18.7 Å². The molecule has 0 unspecified atom stereocenters. The largest absolute Gasteiger partial charge is 0.349 e. The van der Waals surface area contributed by atoms with Crippen molar-refractivity contribution in [2.45, 2.75) is 25.3 Å². The molecule has 3 amide bonds. The van der Waals surface area contributed by atoms with Crippen LogP contribution in [0.25, 0.3) is 0 Å². The van der Waals surface area contributed by atoms with Crippen LogP contribution < -0.4 is 20.9 Å². The lowest BCUT2D eigenvalue weighted by Gasteiger charge is -2.28. The topological polar surface area (TPSA) is 73.5 Å². The fraction of sp³-hybridized carbons (Fsp3) is 0.500. The quantitative estimate of drug-likeness (QED) is 0.782. The first-order chi connectivity index (χ1) is 10.7. The molecule has 3 rings (SSSR count). The molecule has 23 heavy (non-hydrogen) atoms. The molecular weight excluding hydrogens is 316 g/mol. The van der Waals surface area contributed by atoms with Crippen LogP contribution in [0.5, 0.6) is 0 Å². The minimum absolute atomic E-state index is 0. The number of benzene rings is 1. The van der Waals surface area contributed by atoms with Crippen LogP contribution in [0.2, 0.25) is 0 Å². The number of halogens is 1. The van der Waals surface area contributed by atoms with E-state index in [4.69, 9.17) is 0 Å². The number of hydrogen-bond donors (Lipinski definition) is 3. The van der Waals surface area contributed by atoms with Gasteiger partial charge in [-0.3, -0.25) is 9.69 Å². The average Bonchev–Trinajstić information content (AvgIpc) is 2.56. The molecule has 2 aliphatic rings. The van der Waals surface area contributed by atoms with Crippen LogP contribution in [0.3, 0.4) is 0 Å². The number of amides is 3. The Bertz CT molecular complexity index is 561. The molecule has 0 bridgehead atoms. The first-order valence-electron chi connectivity index (χ1n) is 7.91. The lowest BCUT2D eigenvalue weighted by Crippen LogP contribution is -2.46. The third-order valence-corrected chi connectivity index (χ3v) is 4.17. The standard InChI is InChI=1S/C16H22N4O2.ClH/c21-15(19-13-5-8-17-9-6-13)12-3-1-4-14(11-12)20-10-2-7-18-16(20)22;/h1,3-4,11,13,17H,2,5-10H2,(H,18,22)(H,19,21);1H. The molecule has 2 aliphatic heterocycles. The van der Waals surface area contributed by atoms with Crippen molar-refractivity contribution in [2.24, 2.45) is 0 Å². The second kappa shape index (κ2) is 8.17. The molecule has 0 saturated carbocycles. The maximum Gasteiger partial charge on any atom is 0.321 e. The molecule has 2 saturated heterocycles. The summed E-state index contributed by atoms with van der Waals surface area (Å²) >= 11 is 0. The van der Waals surface area contributed by atoms with Crippen LogP contribution in [0.1, 0.15) is 29.6 Å². The van der Waals surface area contributed by atoms with Gasteiger partial charge in [0.15, 0.2) is 0 Å². The molecule has 126 valence electrons. The minimum Gasteiger partial charge on any atom is -0.349 e. The summed E-state index contributed by atoms with van der Waals surface area (Å²) < 4.78 is 0. The number of anilines is 1. The molecule has 0 atom stereocenters. The van der Waals surface area contributed by atoms with Crippen molar-refractivity contribution in [3.63, 3.8) is 0 Å². The summed E-state index contributed by atoms with van der Waals surface area (Å²) in [6.45, 7) is 3.29. The molecule has 1 aromatic rings. The Morgan fingerprint density at radius 1 is 1.22 bits per heavy atom. The Labute approximate surface area is 142 Å². The van der Waals surface area contributed by atoms with Gasteiger partial charge in [0.1, 0.15) is 0 Å². The molecule has 6 nitrogen and oxygen atoms in total. The Morgan fingerprint density at radius 2 is 2.00 bits per heavy atom. The first kappa shape index (κ1) is 17.6. The van der Waals surface area contributed by atoms with Gasteiger partial charge in [0.25, 0.3) is 5.91 Å². The number of carbonyl (C=O) groups excluding carboxylic acids is 2. The number of nitrogens with one attached hydrogen (secondary N) is 3. The van der Waals surface area contributed by atoms with Crippen molar-refractivity contribution >= 4 is 30.0 Å². The van der Waals surface area contributed by atoms with Gasteiger partial charge in [0, 0.05) is 30.4 Å². The monoisotopic (exact) mass is 338 g/mol. The van der Waals surface area contributed by atoms with Crippen molar-refractivity contribution < 1.29 is 9.59 Å². The van der Waals surface area contributed by atoms with Crippen molar-refractivity contribution in [3.8, 4) is 0 Å². The number of hydrogen-bond acceptors (Lipinski definition) is 3. The van der Waals surface area contributed by atoms with E-state index in [1.54, 1.807) is 17.0 Å². The van der Waals surface area contributed by atoms with E-state index in [9.17, 15) is 9.59 Å². The first-order valence-corrected chi connectivity index (χ1v) is 7.91. The number of nitrogens with zero attached hydrogens (tertiary/aromatic N) is 1. The Hall–Kier alpha value is -1.79. The molecule has 0 spiro atoms. The van der Waals surface area contributed by atoms with Crippen LogP contribution in [-0.2, 0) is 0 Å². The van der Waals surface area contributed by atoms with Gasteiger partial charge >= 0.3 is 6.03 Å². The zero-order chi connectivity index (χ0) is 15.4. The minimum atomic E-state index is -0.0952. The fourth-order valence-electron chi connectivity index (χ4n) is 2.93. The highest BCUT2D eigenvalue weighted by molar-refractivity contribution is 5.98. The van der Waals surface area contributed by atoms with E-state index < -0.39 is 0 Å². The van der Waals surface area contributed by atoms with Gasteiger partial charge in [-0.15, -0.1) is 12.4 Å². The molecule has 0 aliphatic carbocycles. The van der Waals surface area contributed by atoms with E-state index in [1.807, 2.05) is 12.1 Å². The summed E-state index contributed by atoms with van der Waals surface area (Å²) in [6, 6.07) is 7.42. The van der Waals surface area contributed by atoms with E-state index in [2.05, 4.69) is 16.0 Å². The van der Waals surface area contributed by atoms with Crippen LogP contribution in [-0.4, -0.2) is 44.2 Å². The summed E-state index contributed by atoms with van der Waals surface area (Å²) in [6.07, 6.45) is 2.83. The van der Waals surface area contributed by atoms with Crippen LogP contribution in [0, 0.1) is 0 Å². The molecule has 7 heteroatoms. The van der Waals surface area contributed by atoms with E-state index in [0.717, 1.165) is 38.0 Å². The number of carbonyl (C=O) groups is 2. The smallest absolute Gasteiger partial charge is 0.321 e. The van der Waals surface area contributed by atoms with Gasteiger partial charge in [-0.05, 0) is 50.6 Å². The summed E-state index contributed by atoms with van der Waals surface area (Å²) in [5.41, 5.74) is 1.38. The molecule has 0 aromatic heterocycles. The highest BCUT2D eigenvalue weighted by atomic mass is 35.5. The third-order valence-electron chi connectivity index (χ3n) is 4.17. The number of rotatable bonds is 3. The lowest BCUT2D eigenvalue weighted by atomic mass is 10.1. The van der Waals surface area contributed by atoms with Gasteiger partial charge in [-0.25, -0.2) is 4.79 Å². The molecular formula is C16H23ClN4O2. The van der Waals surface area contributed by atoms with Crippen molar-refractivity contribution in [1.29, 1.82) is 0 Å². The van der Waals surface area contributed by atoms with Gasteiger partial charge in [-0.1, -0.05) is 6.07 Å². The third kappa shape index (κ3) is 4.36. The van der Waals surface area contributed by atoms with Crippen LogP contribution in [0.15, 0.2) is 24.3 Å². The van der Waals surface area contributed by atoms with Crippen molar-refractivity contribution in [1.82, 2.24) is 16.0 Å². The Morgan fingerprint density at radius 3 is 2.74 bits per heavy atom. The van der Waals surface area contributed by atoms with Gasteiger partial charge in [0.2, 0.25) is 0 Å².